The second-order valence-electron chi connectivity index (χ2n) is 10.8. The molecule has 0 fully saturated rings. The van der Waals surface area contributed by atoms with E-state index in [4.69, 9.17) is 4.98 Å². The molecule has 0 bridgehead atoms. The minimum Gasteiger partial charge on any atom is -0.256 e. The van der Waals surface area contributed by atoms with Gasteiger partial charge in [0.05, 0.1) is 5.69 Å². The fraction of sp³-hybridized carbons (Fsp3) is 0.0833. The van der Waals surface area contributed by atoms with Crippen LogP contribution in [0.4, 0.5) is 0 Å². The first-order chi connectivity index (χ1) is 18.1. The van der Waals surface area contributed by atoms with E-state index in [1.54, 1.807) is 0 Å². The molecule has 0 aliphatic heterocycles. The standard InChI is InChI=1S/C36H25N/c1-36(2)32-18-13-23-8-4-6-10-26(23)34(32)31-15-12-24(21-33(31)36)35-30-17-16-27-25-9-5-3-7-22(25)11-14-28(27)29(30)19-20-37-35/h3-21H,1-2H3. The molecule has 1 aliphatic carbocycles. The van der Waals surface area contributed by atoms with Crippen molar-refractivity contribution < 1.29 is 0 Å². The smallest absolute Gasteiger partial charge is 0.0780 e. The van der Waals surface area contributed by atoms with E-state index in [9.17, 15) is 0 Å². The first-order valence-electron chi connectivity index (χ1n) is 13.0. The number of hydrogen-bond donors (Lipinski definition) is 0. The summed E-state index contributed by atoms with van der Waals surface area (Å²) in [6.45, 7) is 4.71. The summed E-state index contributed by atoms with van der Waals surface area (Å²) in [6.07, 6.45) is 1.97. The zero-order valence-electron chi connectivity index (χ0n) is 20.9. The third-order valence-electron chi connectivity index (χ3n) is 8.51. The first kappa shape index (κ1) is 20.7. The van der Waals surface area contributed by atoms with Gasteiger partial charge in [-0.05, 0) is 72.1 Å². The van der Waals surface area contributed by atoms with Crippen molar-refractivity contribution >= 4 is 43.1 Å². The lowest BCUT2D eigenvalue weighted by atomic mass is 9.81. The number of pyridine rings is 1. The number of benzene rings is 6. The summed E-state index contributed by atoms with van der Waals surface area (Å²) >= 11 is 0. The Morgan fingerprint density at radius 2 is 1.16 bits per heavy atom. The second kappa shape index (κ2) is 7.27. The maximum absolute atomic E-state index is 4.92. The molecule has 1 heteroatoms. The fourth-order valence-corrected chi connectivity index (χ4v) is 6.64. The van der Waals surface area contributed by atoms with E-state index >= 15 is 0 Å². The number of hydrogen-bond acceptors (Lipinski definition) is 1. The van der Waals surface area contributed by atoms with Gasteiger partial charge in [-0.25, -0.2) is 0 Å². The molecule has 0 amide bonds. The van der Waals surface area contributed by atoms with Gasteiger partial charge in [-0.1, -0.05) is 111 Å². The monoisotopic (exact) mass is 471 g/mol. The van der Waals surface area contributed by atoms with E-state index in [0.717, 1.165) is 5.69 Å². The van der Waals surface area contributed by atoms with Crippen LogP contribution in [-0.4, -0.2) is 4.98 Å². The summed E-state index contributed by atoms with van der Waals surface area (Å²) in [5, 5.41) is 10.2. The molecule has 7 aromatic rings. The molecule has 174 valence electrons. The van der Waals surface area contributed by atoms with Crippen LogP contribution in [0, 0.1) is 0 Å². The lowest BCUT2D eigenvalue weighted by Gasteiger charge is -2.22. The Hall–Kier alpha value is -4.49. The van der Waals surface area contributed by atoms with Crippen molar-refractivity contribution in [2.75, 3.05) is 0 Å². The highest BCUT2D eigenvalue weighted by molar-refractivity contribution is 6.19. The quantitative estimate of drug-likeness (QED) is 0.217. The van der Waals surface area contributed by atoms with E-state index in [1.807, 2.05) is 6.20 Å². The summed E-state index contributed by atoms with van der Waals surface area (Å²) in [5.41, 5.74) is 7.66. The van der Waals surface area contributed by atoms with Gasteiger partial charge in [-0.15, -0.1) is 0 Å². The second-order valence-corrected chi connectivity index (χ2v) is 10.8. The zero-order chi connectivity index (χ0) is 24.7. The van der Waals surface area contributed by atoms with Crippen molar-refractivity contribution in [2.45, 2.75) is 19.3 Å². The molecule has 1 heterocycles. The third-order valence-corrected chi connectivity index (χ3v) is 8.51. The van der Waals surface area contributed by atoms with Gasteiger partial charge in [-0.2, -0.15) is 0 Å². The van der Waals surface area contributed by atoms with Crippen molar-refractivity contribution in [3.05, 3.63) is 127 Å². The normalized spacial score (nSPS) is 13.9. The number of fused-ring (bicyclic) bond motifs is 10. The molecule has 1 aromatic heterocycles. The zero-order valence-corrected chi connectivity index (χ0v) is 20.9. The first-order valence-corrected chi connectivity index (χ1v) is 13.0. The molecule has 1 nitrogen and oxygen atoms in total. The average molecular weight is 472 g/mol. The SMILES string of the molecule is CC1(C)c2cc(-c3nccc4c3ccc3c5ccccc5ccc43)ccc2-c2c1ccc1ccccc21. The molecular formula is C36H25N. The molecule has 0 saturated heterocycles. The van der Waals surface area contributed by atoms with Crippen LogP contribution in [0.25, 0.3) is 65.5 Å². The summed E-state index contributed by atoms with van der Waals surface area (Å²) in [5.74, 6) is 0. The Labute approximate surface area is 216 Å². The topological polar surface area (TPSA) is 12.9 Å². The maximum Gasteiger partial charge on any atom is 0.0780 e. The van der Waals surface area contributed by atoms with Crippen LogP contribution in [-0.2, 0) is 5.41 Å². The highest BCUT2D eigenvalue weighted by atomic mass is 14.7. The Morgan fingerprint density at radius 3 is 2.03 bits per heavy atom. The van der Waals surface area contributed by atoms with Crippen LogP contribution in [0.2, 0.25) is 0 Å². The summed E-state index contributed by atoms with van der Waals surface area (Å²) < 4.78 is 0. The molecule has 0 saturated carbocycles. The van der Waals surface area contributed by atoms with Gasteiger partial charge < -0.3 is 0 Å². The van der Waals surface area contributed by atoms with Crippen LogP contribution in [0.15, 0.2) is 115 Å². The highest BCUT2D eigenvalue weighted by Gasteiger charge is 2.36. The van der Waals surface area contributed by atoms with Gasteiger partial charge in [0, 0.05) is 22.6 Å². The van der Waals surface area contributed by atoms with E-state index in [-0.39, 0.29) is 5.41 Å². The lowest BCUT2D eigenvalue weighted by Crippen LogP contribution is -2.15. The van der Waals surface area contributed by atoms with Gasteiger partial charge in [0.15, 0.2) is 0 Å². The van der Waals surface area contributed by atoms with Crippen LogP contribution in [0.5, 0.6) is 0 Å². The number of aromatic nitrogens is 1. The molecule has 37 heavy (non-hydrogen) atoms. The Bertz CT molecular complexity index is 2060. The van der Waals surface area contributed by atoms with Crippen LogP contribution >= 0.6 is 0 Å². The van der Waals surface area contributed by atoms with Crippen molar-refractivity contribution in [2.24, 2.45) is 0 Å². The van der Waals surface area contributed by atoms with Crippen LogP contribution in [0.3, 0.4) is 0 Å². The van der Waals surface area contributed by atoms with E-state index < -0.39 is 0 Å². The van der Waals surface area contributed by atoms with Gasteiger partial charge in [0.25, 0.3) is 0 Å². The lowest BCUT2D eigenvalue weighted by molar-refractivity contribution is 0.661. The minimum absolute atomic E-state index is 0.0685. The molecule has 1 aliphatic rings. The maximum atomic E-state index is 4.92. The molecule has 6 aromatic carbocycles. The predicted molar refractivity (Wildman–Crippen MR) is 157 cm³/mol. The number of nitrogens with zero attached hydrogens (tertiary/aromatic N) is 1. The largest absolute Gasteiger partial charge is 0.256 e. The van der Waals surface area contributed by atoms with Crippen molar-refractivity contribution in [1.29, 1.82) is 0 Å². The summed E-state index contributed by atoms with van der Waals surface area (Å²) in [7, 11) is 0. The molecular weight excluding hydrogens is 446 g/mol. The highest BCUT2D eigenvalue weighted by Crippen LogP contribution is 2.52. The van der Waals surface area contributed by atoms with E-state index in [2.05, 4.69) is 123 Å². The summed E-state index contributed by atoms with van der Waals surface area (Å²) in [4.78, 5) is 4.92. The molecule has 0 radical (unpaired) electrons. The molecule has 0 N–H and O–H groups in total. The predicted octanol–water partition coefficient (Wildman–Crippen LogP) is 9.67. The Morgan fingerprint density at radius 1 is 0.514 bits per heavy atom. The van der Waals surface area contributed by atoms with Gasteiger partial charge in [0.2, 0.25) is 0 Å². The van der Waals surface area contributed by atoms with Crippen molar-refractivity contribution in [3.63, 3.8) is 0 Å². The summed E-state index contributed by atoms with van der Waals surface area (Å²) in [6, 6.07) is 40.1. The van der Waals surface area contributed by atoms with Crippen LogP contribution in [0.1, 0.15) is 25.0 Å². The number of rotatable bonds is 1. The minimum atomic E-state index is -0.0685. The third kappa shape index (κ3) is 2.77. The molecule has 0 spiro atoms. The molecule has 0 atom stereocenters. The van der Waals surface area contributed by atoms with Crippen LogP contribution < -0.4 is 0 Å². The van der Waals surface area contributed by atoms with Crippen molar-refractivity contribution in [1.82, 2.24) is 4.98 Å². The molecule has 0 unspecified atom stereocenters. The molecule has 8 rings (SSSR count). The van der Waals surface area contributed by atoms with Crippen molar-refractivity contribution in [3.8, 4) is 22.4 Å². The van der Waals surface area contributed by atoms with Gasteiger partial charge in [-0.3, -0.25) is 4.98 Å². The van der Waals surface area contributed by atoms with Gasteiger partial charge >= 0.3 is 0 Å². The Balaban J connectivity index is 1.37. The fourth-order valence-electron chi connectivity index (χ4n) is 6.64. The van der Waals surface area contributed by atoms with E-state index in [1.165, 1.54) is 70.9 Å². The Kier molecular flexibility index (Phi) is 4.06. The van der Waals surface area contributed by atoms with E-state index in [0.29, 0.717) is 0 Å². The average Bonchev–Trinajstić information content (AvgIpc) is 3.18. The van der Waals surface area contributed by atoms with Gasteiger partial charge in [0.1, 0.15) is 0 Å².